The van der Waals surface area contributed by atoms with Crippen LogP contribution in [0.15, 0.2) is 42.5 Å². The van der Waals surface area contributed by atoms with Gasteiger partial charge in [0.25, 0.3) is 5.91 Å². The van der Waals surface area contributed by atoms with Gasteiger partial charge in [0, 0.05) is 47.5 Å². The smallest absolute Gasteiger partial charge is 0.326 e. The highest BCUT2D eigenvalue weighted by Crippen LogP contribution is 2.22. The third kappa shape index (κ3) is 6.81. The maximum atomic E-state index is 12.7. The van der Waals surface area contributed by atoms with E-state index in [2.05, 4.69) is 5.32 Å². The van der Waals surface area contributed by atoms with Crippen molar-refractivity contribution in [1.82, 2.24) is 5.32 Å². The average Bonchev–Trinajstić information content (AvgIpc) is 2.69. The van der Waals surface area contributed by atoms with Crippen LogP contribution in [0, 0.1) is 6.92 Å². The molecule has 0 aromatic heterocycles. The summed E-state index contributed by atoms with van der Waals surface area (Å²) in [5.41, 5.74) is 2.97. The van der Waals surface area contributed by atoms with E-state index in [-0.39, 0.29) is 6.42 Å². The molecule has 1 unspecified atom stereocenters. The summed E-state index contributed by atoms with van der Waals surface area (Å²) in [6.07, 6.45) is 0.154. The van der Waals surface area contributed by atoms with Crippen LogP contribution in [0.3, 0.4) is 0 Å². The first-order valence-electron chi connectivity index (χ1n) is 9.11. The van der Waals surface area contributed by atoms with Crippen LogP contribution in [0.4, 0.5) is 5.69 Å². The van der Waals surface area contributed by atoms with Gasteiger partial charge in [0.2, 0.25) is 0 Å². The highest BCUT2D eigenvalue weighted by Gasteiger charge is 2.22. The number of alkyl halides is 2. The molecular formula is C21H23Cl3N2O3. The summed E-state index contributed by atoms with van der Waals surface area (Å²) >= 11 is 17.6. The van der Waals surface area contributed by atoms with E-state index in [1.54, 1.807) is 36.4 Å². The number of nitrogens with zero attached hydrogens (tertiary/aromatic N) is 1. The number of carboxylic acid groups (broad SMARTS) is 1. The molecule has 5 nitrogen and oxygen atoms in total. The molecular weight excluding hydrogens is 435 g/mol. The fourth-order valence-electron chi connectivity index (χ4n) is 2.95. The standard InChI is InChI=1S/C21H23Cl3N2O3/c1-14-2-5-16(13-19(14)26(10-8-22)11-9-23)20(27)25-18(21(28)29)12-15-3-6-17(24)7-4-15/h2-7,13,18H,8-12H2,1H3,(H,25,27)(H,28,29). The summed E-state index contributed by atoms with van der Waals surface area (Å²) in [4.78, 5) is 26.4. The molecule has 1 atom stereocenters. The molecule has 0 bridgehead atoms. The fourth-order valence-corrected chi connectivity index (χ4v) is 3.48. The predicted molar refractivity (Wildman–Crippen MR) is 119 cm³/mol. The van der Waals surface area contributed by atoms with Crippen molar-refractivity contribution in [3.8, 4) is 0 Å². The normalized spacial score (nSPS) is 11.7. The Morgan fingerprint density at radius 1 is 1.07 bits per heavy atom. The SMILES string of the molecule is Cc1ccc(C(=O)NC(Cc2ccc(Cl)cc2)C(=O)O)cc1N(CCCl)CCCl. The Bertz CT molecular complexity index is 838. The van der Waals surface area contributed by atoms with E-state index >= 15 is 0 Å². The van der Waals surface area contributed by atoms with Crippen LogP contribution in [0.2, 0.25) is 5.02 Å². The van der Waals surface area contributed by atoms with Crippen molar-refractivity contribution in [2.45, 2.75) is 19.4 Å². The molecule has 2 aromatic carbocycles. The maximum Gasteiger partial charge on any atom is 0.326 e. The molecule has 29 heavy (non-hydrogen) atoms. The van der Waals surface area contributed by atoms with E-state index in [1.807, 2.05) is 17.9 Å². The zero-order valence-electron chi connectivity index (χ0n) is 16.0. The van der Waals surface area contributed by atoms with Gasteiger partial charge in [-0.2, -0.15) is 0 Å². The first-order chi connectivity index (χ1) is 13.8. The number of nitrogens with one attached hydrogen (secondary N) is 1. The van der Waals surface area contributed by atoms with Gasteiger partial charge >= 0.3 is 5.97 Å². The molecule has 2 aromatic rings. The molecule has 0 radical (unpaired) electrons. The Morgan fingerprint density at radius 3 is 2.24 bits per heavy atom. The lowest BCUT2D eigenvalue weighted by Gasteiger charge is -2.25. The van der Waals surface area contributed by atoms with E-state index in [0.717, 1.165) is 16.8 Å². The Labute approximate surface area is 185 Å². The van der Waals surface area contributed by atoms with E-state index in [9.17, 15) is 14.7 Å². The third-order valence-electron chi connectivity index (χ3n) is 4.48. The Morgan fingerprint density at radius 2 is 1.69 bits per heavy atom. The molecule has 0 aliphatic rings. The largest absolute Gasteiger partial charge is 0.480 e. The van der Waals surface area contributed by atoms with Crippen LogP contribution in [0.5, 0.6) is 0 Å². The lowest BCUT2D eigenvalue weighted by molar-refractivity contribution is -0.139. The minimum Gasteiger partial charge on any atom is -0.480 e. The molecule has 0 heterocycles. The van der Waals surface area contributed by atoms with E-state index in [4.69, 9.17) is 34.8 Å². The van der Waals surface area contributed by atoms with Gasteiger partial charge in [-0.15, -0.1) is 23.2 Å². The van der Waals surface area contributed by atoms with Crippen LogP contribution in [0.25, 0.3) is 0 Å². The molecule has 0 aliphatic heterocycles. The lowest BCUT2D eigenvalue weighted by Crippen LogP contribution is -2.42. The molecule has 156 valence electrons. The minimum atomic E-state index is -1.11. The van der Waals surface area contributed by atoms with Gasteiger partial charge in [-0.05, 0) is 42.3 Å². The fraction of sp³-hybridized carbons (Fsp3) is 0.333. The second-order valence-electron chi connectivity index (χ2n) is 6.56. The number of amides is 1. The summed E-state index contributed by atoms with van der Waals surface area (Å²) in [5.74, 6) is -0.708. The van der Waals surface area contributed by atoms with Gasteiger partial charge in [0.1, 0.15) is 6.04 Å². The molecule has 0 saturated carbocycles. The number of halogens is 3. The number of carbonyl (C=O) groups excluding carboxylic acids is 1. The molecule has 2 N–H and O–H groups in total. The number of aliphatic carboxylic acids is 1. The number of rotatable bonds is 10. The number of benzene rings is 2. The average molecular weight is 458 g/mol. The summed E-state index contributed by atoms with van der Waals surface area (Å²) in [6, 6.07) is 11.0. The van der Waals surface area contributed by atoms with Crippen molar-refractivity contribution in [2.24, 2.45) is 0 Å². The van der Waals surface area contributed by atoms with Gasteiger partial charge in [-0.25, -0.2) is 4.79 Å². The van der Waals surface area contributed by atoms with Crippen molar-refractivity contribution in [3.05, 3.63) is 64.2 Å². The van der Waals surface area contributed by atoms with Crippen molar-refractivity contribution in [1.29, 1.82) is 0 Å². The van der Waals surface area contributed by atoms with Gasteiger partial charge in [-0.1, -0.05) is 29.8 Å². The van der Waals surface area contributed by atoms with Crippen LogP contribution < -0.4 is 10.2 Å². The van der Waals surface area contributed by atoms with Crippen LogP contribution in [0.1, 0.15) is 21.5 Å². The topological polar surface area (TPSA) is 69.6 Å². The van der Waals surface area contributed by atoms with Crippen LogP contribution >= 0.6 is 34.8 Å². The lowest BCUT2D eigenvalue weighted by atomic mass is 10.0. The number of anilines is 1. The predicted octanol–water partition coefficient (Wildman–Crippen LogP) is 4.36. The van der Waals surface area contributed by atoms with Crippen molar-refractivity contribution >= 4 is 52.4 Å². The van der Waals surface area contributed by atoms with Crippen molar-refractivity contribution in [2.75, 3.05) is 29.7 Å². The zero-order chi connectivity index (χ0) is 21.4. The summed E-state index contributed by atoms with van der Waals surface area (Å²) in [5, 5.41) is 12.7. The minimum absolute atomic E-state index is 0.154. The van der Waals surface area contributed by atoms with Gasteiger partial charge in [0.05, 0.1) is 0 Å². The number of hydrogen-bond donors (Lipinski definition) is 2. The summed E-state index contributed by atoms with van der Waals surface area (Å²) < 4.78 is 0. The van der Waals surface area contributed by atoms with Crippen molar-refractivity contribution in [3.63, 3.8) is 0 Å². The summed E-state index contributed by atoms with van der Waals surface area (Å²) in [6.45, 7) is 3.12. The second-order valence-corrected chi connectivity index (χ2v) is 7.75. The molecule has 0 fully saturated rings. The third-order valence-corrected chi connectivity index (χ3v) is 5.07. The number of carbonyl (C=O) groups is 2. The Kier molecular flexibility index (Phi) is 9.08. The van der Waals surface area contributed by atoms with E-state index in [0.29, 0.717) is 35.4 Å². The van der Waals surface area contributed by atoms with Gasteiger partial charge in [0.15, 0.2) is 0 Å². The van der Waals surface area contributed by atoms with E-state index in [1.165, 1.54) is 0 Å². The summed E-state index contributed by atoms with van der Waals surface area (Å²) in [7, 11) is 0. The first-order valence-corrected chi connectivity index (χ1v) is 10.6. The van der Waals surface area contributed by atoms with Crippen molar-refractivity contribution < 1.29 is 14.7 Å². The molecule has 2 rings (SSSR count). The number of carboxylic acids is 1. The van der Waals surface area contributed by atoms with Crippen LogP contribution in [-0.4, -0.2) is 47.9 Å². The zero-order valence-corrected chi connectivity index (χ0v) is 18.3. The highest BCUT2D eigenvalue weighted by molar-refractivity contribution is 6.30. The molecule has 0 saturated heterocycles. The second kappa shape index (κ2) is 11.3. The molecule has 0 aliphatic carbocycles. The molecule has 1 amide bonds. The quantitative estimate of drug-likeness (QED) is 0.520. The molecule has 8 heteroatoms. The number of hydrogen-bond acceptors (Lipinski definition) is 3. The molecule has 0 spiro atoms. The number of aryl methyl sites for hydroxylation is 1. The Hall–Kier alpha value is -1.95. The maximum absolute atomic E-state index is 12.7. The monoisotopic (exact) mass is 456 g/mol. The Balaban J connectivity index is 2.19. The van der Waals surface area contributed by atoms with Gasteiger partial charge in [-0.3, -0.25) is 4.79 Å². The van der Waals surface area contributed by atoms with E-state index < -0.39 is 17.9 Å². The first kappa shape index (κ1) is 23.3. The van der Waals surface area contributed by atoms with Crippen LogP contribution in [-0.2, 0) is 11.2 Å². The highest BCUT2D eigenvalue weighted by atomic mass is 35.5. The van der Waals surface area contributed by atoms with Gasteiger partial charge < -0.3 is 15.3 Å².